The molecule has 6 heteroatoms. The Balaban J connectivity index is 2.42. The number of nitrogens with zero attached hydrogens (tertiary/aromatic N) is 1. The van der Waals surface area contributed by atoms with Crippen LogP contribution in [0.3, 0.4) is 0 Å². The van der Waals surface area contributed by atoms with Gasteiger partial charge in [0, 0.05) is 25.1 Å². The number of methoxy groups -OCH3 is 2. The molecule has 1 aromatic heterocycles. The molecule has 0 bridgehead atoms. The maximum Gasteiger partial charge on any atom is 0.357 e. The Hall–Kier alpha value is -1.14. The van der Waals surface area contributed by atoms with Crippen LogP contribution in [0.1, 0.15) is 28.2 Å². The lowest BCUT2D eigenvalue weighted by Gasteiger charge is -2.01. The average molecular weight is 258 g/mol. The summed E-state index contributed by atoms with van der Waals surface area (Å²) in [5, 5.41) is 3.95. The molecule has 0 saturated carbocycles. The highest BCUT2D eigenvalue weighted by molar-refractivity contribution is 7.15. The van der Waals surface area contributed by atoms with E-state index in [1.54, 1.807) is 7.11 Å². The predicted octanol–water partition coefficient (Wildman–Crippen LogP) is 2.08. The monoisotopic (exact) mass is 258 g/mol. The Labute approximate surface area is 105 Å². The highest BCUT2D eigenvalue weighted by atomic mass is 32.1. The van der Waals surface area contributed by atoms with Crippen molar-refractivity contribution in [2.24, 2.45) is 0 Å². The molecule has 0 amide bonds. The molecular formula is C11H18N2O3S. The van der Waals surface area contributed by atoms with Gasteiger partial charge in [-0.3, -0.25) is 0 Å². The van der Waals surface area contributed by atoms with Gasteiger partial charge >= 0.3 is 5.97 Å². The molecule has 0 fully saturated rings. The molecule has 17 heavy (non-hydrogen) atoms. The summed E-state index contributed by atoms with van der Waals surface area (Å²) >= 11 is 1.47. The van der Waals surface area contributed by atoms with Gasteiger partial charge in [-0.05, 0) is 19.8 Å². The molecule has 1 N–H and O–H groups in total. The number of rotatable bonds is 7. The van der Waals surface area contributed by atoms with E-state index >= 15 is 0 Å². The van der Waals surface area contributed by atoms with E-state index in [0.29, 0.717) is 5.69 Å². The lowest BCUT2D eigenvalue weighted by molar-refractivity contribution is 0.0594. The first kappa shape index (κ1) is 13.9. The van der Waals surface area contributed by atoms with Crippen LogP contribution >= 0.6 is 11.3 Å². The highest BCUT2D eigenvalue weighted by Crippen LogP contribution is 2.22. The van der Waals surface area contributed by atoms with E-state index in [1.807, 2.05) is 6.92 Å². The first-order valence-electron chi connectivity index (χ1n) is 5.47. The normalized spacial score (nSPS) is 10.3. The summed E-state index contributed by atoms with van der Waals surface area (Å²) < 4.78 is 9.61. The minimum atomic E-state index is -0.383. The second-order valence-corrected chi connectivity index (χ2v) is 4.75. The van der Waals surface area contributed by atoms with Gasteiger partial charge in [0.2, 0.25) is 0 Å². The van der Waals surface area contributed by atoms with Crippen LogP contribution in [-0.2, 0) is 9.47 Å². The second-order valence-electron chi connectivity index (χ2n) is 3.54. The number of nitrogens with one attached hydrogen (secondary N) is 1. The van der Waals surface area contributed by atoms with Crippen molar-refractivity contribution in [3.63, 3.8) is 0 Å². The van der Waals surface area contributed by atoms with Crippen LogP contribution in [0.25, 0.3) is 0 Å². The molecule has 0 aliphatic carbocycles. The van der Waals surface area contributed by atoms with Gasteiger partial charge in [-0.1, -0.05) is 0 Å². The van der Waals surface area contributed by atoms with Gasteiger partial charge < -0.3 is 14.8 Å². The minimum absolute atomic E-state index is 0.383. The number of anilines is 1. The Kier molecular flexibility index (Phi) is 5.93. The summed E-state index contributed by atoms with van der Waals surface area (Å²) in [5.41, 5.74) is 0.400. The highest BCUT2D eigenvalue weighted by Gasteiger charge is 2.15. The van der Waals surface area contributed by atoms with Gasteiger partial charge in [-0.2, -0.15) is 0 Å². The van der Waals surface area contributed by atoms with Crippen molar-refractivity contribution in [3.05, 3.63) is 10.6 Å². The van der Waals surface area contributed by atoms with Crippen molar-refractivity contribution in [3.8, 4) is 0 Å². The first-order chi connectivity index (χ1) is 8.19. The molecule has 1 heterocycles. The Bertz CT molecular complexity index is 366. The molecule has 0 aliphatic rings. The number of ether oxygens (including phenoxy) is 2. The number of esters is 1. The molecule has 5 nitrogen and oxygen atoms in total. The summed E-state index contributed by atoms with van der Waals surface area (Å²) in [6.45, 7) is 3.46. The summed E-state index contributed by atoms with van der Waals surface area (Å²) in [4.78, 5) is 16.4. The summed E-state index contributed by atoms with van der Waals surface area (Å²) in [6.07, 6.45) is 2.03. The maximum absolute atomic E-state index is 11.3. The molecule has 1 aromatic rings. The third kappa shape index (κ3) is 4.32. The molecule has 1 rings (SSSR count). The Morgan fingerprint density at radius 2 is 2.18 bits per heavy atom. The lowest BCUT2D eigenvalue weighted by Crippen LogP contribution is -2.05. The number of aromatic nitrogens is 1. The fourth-order valence-corrected chi connectivity index (χ4v) is 2.15. The zero-order chi connectivity index (χ0) is 12.7. The van der Waals surface area contributed by atoms with Crippen LogP contribution in [0.5, 0.6) is 0 Å². The van der Waals surface area contributed by atoms with Crippen LogP contribution < -0.4 is 5.32 Å². The molecule has 96 valence electrons. The molecule has 0 aromatic carbocycles. The molecule has 0 aliphatic heterocycles. The van der Waals surface area contributed by atoms with Crippen LogP contribution in [0.2, 0.25) is 0 Å². The molecule has 0 unspecified atom stereocenters. The van der Waals surface area contributed by atoms with E-state index in [1.165, 1.54) is 18.4 Å². The topological polar surface area (TPSA) is 60.5 Å². The zero-order valence-electron chi connectivity index (χ0n) is 10.4. The number of hydrogen-bond acceptors (Lipinski definition) is 6. The number of aryl methyl sites for hydroxylation is 1. The van der Waals surface area contributed by atoms with E-state index in [0.717, 1.165) is 36.0 Å². The van der Waals surface area contributed by atoms with Crippen LogP contribution in [0, 0.1) is 6.92 Å². The third-order valence-corrected chi connectivity index (χ3v) is 3.16. The molecule has 0 atom stereocenters. The average Bonchev–Trinajstić information content (AvgIpc) is 2.69. The Morgan fingerprint density at radius 1 is 1.41 bits per heavy atom. The number of carbonyl (C=O) groups excluding carboxylic acids is 1. The van der Waals surface area contributed by atoms with Crippen molar-refractivity contribution in [1.29, 1.82) is 0 Å². The minimum Gasteiger partial charge on any atom is -0.464 e. The number of hydrogen-bond donors (Lipinski definition) is 1. The van der Waals surface area contributed by atoms with Gasteiger partial charge in [0.1, 0.15) is 0 Å². The zero-order valence-corrected chi connectivity index (χ0v) is 11.2. The van der Waals surface area contributed by atoms with Gasteiger partial charge in [0.15, 0.2) is 10.8 Å². The van der Waals surface area contributed by atoms with Crippen molar-refractivity contribution >= 4 is 22.4 Å². The van der Waals surface area contributed by atoms with Crippen molar-refractivity contribution < 1.29 is 14.3 Å². The quantitative estimate of drug-likeness (QED) is 0.599. The summed E-state index contributed by atoms with van der Waals surface area (Å²) in [7, 11) is 3.05. The summed E-state index contributed by atoms with van der Waals surface area (Å²) in [5.74, 6) is -0.383. The van der Waals surface area contributed by atoms with Crippen molar-refractivity contribution in [2.75, 3.05) is 32.7 Å². The van der Waals surface area contributed by atoms with E-state index in [2.05, 4.69) is 15.0 Å². The third-order valence-electron chi connectivity index (χ3n) is 2.23. The fraction of sp³-hybridized carbons (Fsp3) is 0.636. The summed E-state index contributed by atoms with van der Waals surface area (Å²) in [6, 6.07) is 0. The van der Waals surface area contributed by atoms with Crippen molar-refractivity contribution in [1.82, 2.24) is 4.98 Å². The van der Waals surface area contributed by atoms with E-state index in [4.69, 9.17) is 4.74 Å². The second kappa shape index (κ2) is 7.24. The number of thiazole rings is 1. The van der Waals surface area contributed by atoms with Gasteiger partial charge in [0.05, 0.1) is 7.11 Å². The maximum atomic E-state index is 11.3. The largest absolute Gasteiger partial charge is 0.464 e. The molecule has 0 spiro atoms. The standard InChI is InChI=1S/C11H18N2O3S/c1-8-9(10(14)16-3)13-11(17-8)12-6-4-5-7-15-2/h4-7H2,1-3H3,(H,12,13). The van der Waals surface area contributed by atoms with Crippen LogP contribution in [0.15, 0.2) is 0 Å². The number of carbonyl (C=O) groups is 1. The number of unbranched alkanes of at least 4 members (excludes halogenated alkanes) is 1. The van der Waals surface area contributed by atoms with Crippen LogP contribution in [0.4, 0.5) is 5.13 Å². The van der Waals surface area contributed by atoms with E-state index < -0.39 is 0 Å². The van der Waals surface area contributed by atoms with Crippen LogP contribution in [-0.4, -0.2) is 38.3 Å². The fourth-order valence-electron chi connectivity index (χ4n) is 1.32. The SMILES string of the molecule is COCCCCNc1nc(C(=O)OC)c(C)s1. The van der Waals surface area contributed by atoms with Gasteiger partial charge in [-0.15, -0.1) is 11.3 Å². The van der Waals surface area contributed by atoms with E-state index in [9.17, 15) is 4.79 Å². The van der Waals surface area contributed by atoms with Crippen molar-refractivity contribution in [2.45, 2.75) is 19.8 Å². The Morgan fingerprint density at radius 3 is 2.82 bits per heavy atom. The molecule has 0 saturated heterocycles. The molecular weight excluding hydrogens is 240 g/mol. The van der Waals surface area contributed by atoms with Gasteiger partial charge in [-0.25, -0.2) is 9.78 Å². The first-order valence-corrected chi connectivity index (χ1v) is 6.29. The molecule has 0 radical (unpaired) electrons. The lowest BCUT2D eigenvalue weighted by atomic mass is 10.3. The predicted molar refractivity (Wildman–Crippen MR) is 67.8 cm³/mol. The van der Waals surface area contributed by atoms with E-state index in [-0.39, 0.29) is 5.97 Å². The smallest absolute Gasteiger partial charge is 0.357 e. The van der Waals surface area contributed by atoms with Gasteiger partial charge in [0.25, 0.3) is 0 Å².